The molecule has 1 aromatic heterocycles. The van der Waals surface area contributed by atoms with E-state index in [1.165, 1.54) is 0 Å². The highest BCUT2D eigenvalue weighted by Gasteiger charge is 2.32. The largest absolute Gasteiger partial charge is 0.397 e. The Morgan fingerprint density at radius 1 is 1.38 bits per heavy atom. The van der Waals surface area contributed by atoms with Crippen LogP contribution in [0.2, 0.25) is 0 Å². The molecular formula is C15H22N4O2. The van der Waals surface area contributed by atoms with E-state index in [1.807, 2.05) is 11.8 Å². The van der Waals surface area contributed by atoms with Gasteiger partial charge in [-0.2, -0.15) is 0 Å². The van der Waals surface area contributed by atoms with Crippen LogP contribution in [0.1, 0.15) is 22.5 Å². The fourth-order valence-electron chi connectivity index (χ4n) is 3.10. The maximum atomic E-state index is 12.6. The van der Waals surface area contributed by atoms with Gasteiger partial charge in [-0.1, -0.05) is 0 Å². The highest BCUT2D eigenvalue weighted by Crippen LogP contribution is 2.20. The van der Waals surface area contributed by atoms with Crippen LogP contribution in [-0.4, -0.2) is 66.1 Å². The van der Waals surface area contributed by atoms with Gasteiger partial charge in [-0.25, -0.2) is 0 Å². The van der Waals surface area contributed by atoms with E-state index in [2.05, 4.69) is 9.88 Å². The van der Waals surface area contributed by atoms with Crippen molar-refractivity contribution in [3.8, 4) is 0 Å². The fourth-order valence-corrected chi connectivity index (χ4v) is 3.10. The number of aryl methyl sites for hydroxylation is 1. The lowest BCUT2D eigenvalue weighted by atomic mass is 10.1. The molecule has 2 N–H and O–H groups in total. The summed E-state index contributed by atoms with van der Waals surface area (Å²) in [5.74, 6) is 0.0445. The van der Waals surface area contributed by atoms with Gasteiger partial charge in [0.1, 0.15) is 0 Å². The second-order valence-electron chi connectivity index (χ2n) is 5.74. The number of carbonyl (C=O) groups is 1. The summed E-state index contributed by atoms with van der Waals surface area (Å²) in [7, 11) is 0. The van der Waals surface area contributed by atoms with Crippen LogP contribution < -0.4 is 5.73 Å². The van der Waals surface area contributed by atoms with Gasteiger partial charge in [-0.3, -0.25) is 14.7 Å². The Balaban J connectivity index is 1.67. The average molecular weight is 290 g/mol. The number of anilines is 1. The van der Waals surface area contributed by atoms with Crippen LogP contribution in [-0.2, 0) is 4.74 Å². The Labute approximate surface area is 124 Å². The molecule has 1 unspecified atom stereocenters. The number of hydrogen-bond acceptors (Lipinski definition) is 5. The summed E-state index contributed by atoms with van der Waals surface area (Å²) >= 11 is 0. The molecule has 3 rings (SSSR count). The number of nitrogens with two attached hydrogens (primary N) is 1. The topological polar surface area (TPSA) is 71.7 Å². The third-order valence-electron chi connectivity index (χ3n) is 4.35. The smallest absolute Gasteiger partial charge is 0.255 e. The highest BCUT2D eigenvalue weighted by molar-refractivity contribution is 5.96. The maximum Gasteiger partial charge on any atom is 0.255 e. The molecule has 2 aliphatic heterocycles. The molecule has 1 atom stereocenters. The predicted molar refractivity (Wildman–Crippen MR) is 80.1 cm³/mol. The summed E-state index contributed by atoms with van der Waals surface area (Å²) in [6.07, 6.45) is 2.62. The van der Waals surface area contributed by atoms with Crippen molar-refractivity contribution in [1.29, 1.82) is 0 Å². The normalized spacial score (nSPS) is 23.5. The molecule has 6 nitrogen and oxygen atoms in total. The van der Waals surface area contributed by atoms with Crippen molar-refractivity contribution in [2.24, 2.45) is 0 Å². The summed E-state index contributed by atoms with van der Waals surface area (Å²) < 4.78 is 5.39. The number of aromatic nitrogens is 1. The Morgan fingerprint density at radius 3 is 2.90 bits per heavy atom. The van der Waals surface area contributed by atoms with Crippen molar-refractivity contribution < 1.29 is 9.53 Å². The molecule has 2 saturated heterocycles. The van der Waals surface area contributed by atoms with Crippen molar-refractivity contribution in [1.82, 2.24) is 14.8 Å². The van der Waals surface area contributed by atoms with Crippen LogP contribution in [0.5, 0.6) is 0 Å². The molecule has 0 saturated carbocycles. The first kappa shape index (κ1) is 14.3. The van der Waals surface area contributed by atoms with E-state index in [0.717, 1.165) is 51.5 Å². The van der Waals surface area contributed by atoms with Crippen LogP contribution in [0, 0.1) is 6.92 Å². The molecule has 1 amide bonds. The lowest BCUT2D eigenvalue weighted by molar-refractivity contribution is 0.0185. The molecule has 2 fully saturated rings. The maximum absolute atomic E-state index is 12.6. The third kappa shape index (κ3) is 3.01. The van der Waals surface area contributed by atoms with E-state index >= 15 is 0 Å². The number of morpholine rings is 1. The number of carbonyl (C=O) groups excluding carboxylic acids is 1. The van der Waals surface area contributed by atoms with E-state index < -0.39 is 0 Å². The van der Waals surface area contributed by atoms with Gasteiger partial charge in [0.2, 0.25) is 0 Å². The Morgan fingerprint density at radius 2 is 2.14 bits per heavy atom. The van der Waals surface area contributed by atoms with Gasteiger partial charge in [0.05, 0.1) is 36.4 Å². The second kappa shape index (κ2) is 5.99. The number of ether oxygens (including phenoxy) is 1. The molecule has 0 aromatic carbocycles. The zero-order valence-corrected chi connectivity index (χ0v) is 12.4. The number of nitrogens with zero attached hydrogens (tertiary/aromatic N) is 3. The minimum atomic E-state index is 0.0445. The number of pyridine rings is 1. The number of hydrogen-bond donors (Lipinski definition) is 1. The quantitative estimate of drug-likeness (QED) is 0.859. The first-order valence-corrected chi connectivity index (χ1v) is 7.48. The van der Waals surface area contributed by atoms with Crippen molar-refractivity contribution >= 4 is 11.6 Å². The molecular weight excluding hydrogens is 268 g/mol. The monoisotopic (exact) mass is 290 g/mol. The van der Waals surface area contributed by atoms with E-state index in [1.54, 1.807) is 12.3 Å². The van der Waals surface area contributed by atoms with E-state index in [4.69, 9.17) is 10.5 Å². The van der Waals surface area contributed by atoms with Crippen LogP contribution in [0.15, 0.2) is 12.3 Å². The second-order valence-corrected chi connectivity index (χ2v) is 5.74. The Hall–Kier alpha value is -1.66. The Kier molecular flexibility index (Phi) is 4.07. The molecule has 0 bridgehead atoms. The predicted octanol–water partition coefficient (Wildman–Crippen LogP) is 0.519. The van der Waals surface area contributed by atoms with Crippen molar-refractivity contribution in [2.75, 3.05) is 45.1 Å². The van der Waals surface area contributed by atoms with Gasteiger partial charge >= 0.3 is 0 Å². The van der Waals surface area contributed by atoms with Crippen LogP contribution >= 0.6 is 0 Å². The third-order valence-corrected chi connectivity index (χ3v) is 4.35. The van der Waals surface area contributed by atoms with Crippen molar-refractivity contribution in [3.63, 3.8) is 0 Å². The molecule has 21 heavy (non-hydrogen) atoms. The number of nitrogen functional groups attached to an aromatic ring is 1. The van der Waals surface area contributed by atoms with Gasteiger partial charge in [0.15, 0.2) is 0 Å². The first-order chi connectivity index (χ1) is 10.1. The van der Waals surface area contributed by atoms with E-state index in [0.29, 0.717) is 17.3 Å². The average Bonchev–Trinajstić information content (AvgIpc) is 3.00. The molecule has 0 spiro atoms. The molecule has 1 aromatic rings. The highest BCUT2D eigenvalue weighted by atomic mass is 16.5. The minimum absolute atomic E-state index is 0.0445. The molecule has 2 aliphatic rings. The van der Waals surface area contributed by atoms with Crippen LogP contribution in [0.3, 0.4) is 0 Å². The Bertz CT molecular complexity index is 528. The lowest BCUT2D eigenvalue weighted by Crippen LogP contribution is -2.45. The first-order valence-electron chi connectivity index (χ1n) is 7.48. The van der Waals surface area contributed by atoms with E-state index in [9.17, 15) is 4.79 Å². The summed E-state index contributed by atoms with van der Waals surface area (Å²) in [5.41, 5.74) is 7.65. The molecule has 0 radical (unpaired) electrons. The van der Waals surface area contributed by atoms with Gasteiger partial charge < -0.3 is 15.4 Å². The minimum Gasteiger partial charge on any atom is -0.397 e. The summed E-state index contributed by atoms with van der Waals surface area (Å²) in [6.45, 7) is 6.95. The zero-order valence-electron chi connectivity index (χ0n) is 12.4. The molecule has 6 heteroatoms. The SMILES string of the molecule is Cc1ncc(N)cc1C(=O)N1CCC(N2CCOCC2)C1. The van der Waals surface area contributed by atoms with Crippen molar-refractivity contribution in [2.45, 2.75) is 19.4 Å². The fraction of sp³-hybridized carbons (Fsp3) is 0.600. The molecule has 114 valence electrons. The standard InChI is InChI=1S/C15H22N4O2/c1-11-14(8-12(16)9-17-11)15(20)19-3-2-13(10-19)18-4-6-21-7-5-18/h8-9,13H,2-7,10,16H2,1H3. The van der Waals surface area contributed by atoms with Crippen LogP contribution in [0.25, 0.3) is 0 Å². The van der Waals surface area contributed by atoms with Gasteiger partial charge in [-0.15, -0.1) is 0 Å². The summed E-state index contributed by atoms with van der Waals surface area (Å²) in [6, 6.07) is 2.18. The number of rotatable bonds is 2. The lowest BCUT2D eigenvalue weighted by Gasteiger charge is -2.32. The number of likely N-dealkylation sites (tertiary alicyclic amines) is 1. The zero-order chi connectivity index (χ0) is 14.8. The van der Waals surface area contributed by atoms with E-state index in [-0.39, 0.29) is 5.91 Å². The molecule has 3 heterocycles. The summed E-state index contributed by atoms with van der Waals surface area (Å²) in [4.78, 5) is 21.2. The van der Waals surface area contributed by atoms with Gasteiger partial charge in [0.25, 0.3) is 5.91 Å². The number of amides is 1. The molecule has 0 aliphatic carbocycles. The van der Waals surface area contributed by atoms with Crippen LogP contribution in [0.4, 0.5) is 5.69 Å². The van der Waals surface area contributed by atoms with Crippen molar-refractivity contribution in [3.05, 3.63) is 23.5 Å². The van der Waals surface area contributed by atoms with Gasteiger partial charge in [0, 0.05) is 32.2 Å². The van der Waals surface area contributed by atoms with Gasteiger partial charge in [-0.05, 0) is 19.4 Å². The summed E-state index contributed by atoms with van der Waals surface area (Å²) in [5, 5.41) is 0.